The van der Waals surface area contributed by atoms with E-state index in [9.17, 15) is 0 Å². The molecule has 0 spiro atoms. The first-order chi connectivity index (χ1) is 10.1. The smallest absolute Gasteiger partial charge is 0.128 e. The van der Waals surface area contributed by atoms with Gasteiger partial charge in [-0.05, 0) is 20.3 Å². The SMILES string of the molecule is CCCC(N)c1cn(Cc2ncc(C)c(OC)c2C)nn1. The van der Waals surface area contributed by atoms with E-state index in [4.69, 9.17) is 10.5 Å². The van der Waals surface area contributed by atoms with Gasteiger partial charge in [-0.1, -0.05) is 18.6 Å². The highest BCUT2D eigenvalue weighted by Crippen LogP contribution is 2.24. The summed E-state index contributed by atoms with van der Waals surface area (Å²) in [5, 5.41) is 8.29. The van der Waals surface area contributed by atoms with Crippen molar-refractivity contribution in [2.75, 3.05) is 7.11 Å². The highest BCUT2D eigenvalue weighted by atomic mass is 16.5. The van der Waals surface area contributed by atoms with E-state index in [1.165, 1.54) is 0 Å². The third kappa shape index (κ3) is 3.39. The molecule has 114 valence electrons. The highest BCUT2D eigenvalue weighted by molar-refractivity contribution is 5.41. The zero-order chi connectivity index (χ0) is 15.4. The van der Waals surface area contributed by atoms with Crippen LogP contribution >= 0.6 is 0 Å². The van der Waals surface area contributed by atoms with Crippen molar-refractivity contribution < 1.29 is 4.74 Å². The van der Waals surface area contributed by atoms with Gasteiger partial charge in [-0.25, -0.2) is 4.68 Å². The van der Waals surface area contributed by atoms with Crippen molar-refractivity contribution in [3.05, 3.63) is 34.9 Å². The van der Waals surface area contributed by atoms with Crippen molar-refractivity contribution in [3.63, 3.8) is 0 Å². The number of methoxy groups -OCH3 is 1. The van der Waals surface area contributed by atoms with Crippen LogP contribution in [0.1, 0.15) is 48.3 Å². The summed E-state index contributed by atoms with van der Waals surface area (Å²) < 4.78 is 7.20. The molecule has 0 amide bonds. The first-order valence-corrected chi connectivity index (χ1v) is 7.21. The Balaban J connectivity index is 2.19. The Hall–Kier alpha value is -1.95. The molecule has 0 aliphatic heterocycles. The third-order valence-electron chi connectivity index (χ3n) is 3.60. The monoisotopic (exact) mass is 289 g/mol. The van der Waals surface area contributed by atoms with Crippen LogP contribution in [0.5, 0.6) is 5.75 Å². The number of aromatic nitrogens is 4. The molecule has 2 heterocycles. The van der Waals surface area contributed by atoms with E-state index < -0.39 is 0 Å². The molecule has 1 unspecified atom stereocenters. The molecule has 0 bridgehead atoms. The summed E-state index contributed by atoms with van der Waals surface area (Å²) in [5.41, 5.74) is 9.88. The Labute approximate surface area is 125 Å². The van der Waals surface area contributed by atoms with Crippen molar-refractivity contribution in [2.24, 2.45) is 5.73 Å². The van der Waals surface area contributed by atoms with Crippen molar-refractivity contribution in [2.45, 2.75) is 46.2 Å². The maximum atomic E-state index is 6.06. The Morgan fingerprint density at radius 3 is 2.81 bits per heavy atom. The summed E-state index contributed by atoms with van der Waals surface area (Å²) in [4.78, 5) is 4.47. The molecule has 0 aromatic carbocycles. The van der Waals surface area contributed by atoms with Crippen LogP contribution in [-0.2, 0) is 6.54 Å². The zero-order valence-electron chi connectivity index (χ0n) is 13.1. The predicted molar refractivity (Wildman–Crippen MR) is 81.2 cm³/mol. The minimum atomic E-state index is -0.0506. The van der Waals surface area contributed by atoms with E-state index >= 15 is 0 Å². The fourth-order valence-corrected chi connectivity index (χ4v) is 2.40. The molecular weight excluding hydrogens is 266 g/mol. The van der Waals surface area contributed by atoms with Gasteiger partial charge in [-0.2, -0.15) is 0 Å². The van der Waals surface area contributed by atoms with Crippen LogP contribution in [0.2, 0.25) is 0 Å². The molecule has 21 heavy (non-hydrogen) atoms. The predicted octanol–water partition coefficient (Wildman–Crippen LogP) is 2.15. The largest absolute Gasteiger partial charge is 0.496 e. The molecule has 2 aromatic heterocycles. The summed E-state index contributed by atoms with van der Waals surface area (Å²) in [6.45, 7) is 6.67. The zero-order valence-corrected chi connectivity index (χ0v) is 13.1. The molecule has 1 atom stereocenters. The first kappa shape index (κ1) is 15.4. The lowest BCUT2D eigenvalue weighted by Gasteiger charge is -2.11. The summed E-state index contributed by atoms with van der Waals surface area (Å²) in [6, 6.07) is -0.0506. The maximum absolute atomic E-state index is 6.06. The number of nitrogens with two attached hydrogens (primary N) is 1. The van der Waals surface area contributed by atoms with Crippen molar-refractivity contribution >= 4 is 0 Å². The summed E-state index contributed by atoms with van der Waals surface area (Å²) in [5.74, 6) is 0.878. The van der Waals surface area contributed by atoms with Gasteiger partial charge in [-0.3, -0.25) is 4.98 Å². The van der Waals surface area contributed by atoms with Gasteiger partial charge in [-0.15, -0.1) is 5.10 Å². The van der Waals surface area contributed by atoms with Crippen molar-refractivity contribution in [1.82, 2.24) is 20.0 Å². The molecule has 0 fully saturated rings. The first-order valence-electron chi connectivity index (χ1n) is 7.21. The topological polar surface area (TPSA) is 78.9 Å². The molecule has 0 saturated carbocycles. The number of hydrogen-bond donors (Lipinski definition) is 1. The third-order valence-corrected chi connectivity index (χ3v) is 3.60. The lowest BCUT2D eigenvalue weighted by molar-refractivity contribution is 0.406. The highest BCUT2D eigenvalue weighted by Gasteiger charge is 2.13. The molecule has 2 rings (SSSR count). The second kappa shape index (κ2) is 6.67. The molecule has 0 aliphatic carbocycles. The maximum Gasteiger partial charge on any atom is 0.128 e. The molecule has 0 saturated heterocycles. The van der Waals surface area contributed by atoms with Crippen LogP contribution in [0.25, 0.3) is 0 Å². The Kier molecular flexibility index (Phi) is 4.90. The van der Waals surface area contributed by atoms with Gasteiger partial charge < -0.3 is 10.5 Å². The van der Waals surface area contributed by atoms with Gasteiger partial charge >= 0.3 is 0 Å². The number of rotatable bonds is 6. The average molecular weight is 289 g/mol. The van der Waals surface area contributed by atoms with Crippen LogP contribution in [0.4, 0.5) is 0 Å². The quantitative estimate of drug-likeness (QED) is 0.881. The van der Waals surface area contributed by atoms with Gasteiger partial charge in [0, 0.05) is 17.3 Å². The number of hydrogen-bond acceptors (Lipinski definition) is 5. The van der Waals surface area contributed by atoms with Gasteiger partial charge in [0.2, 0.25) is 0 Å². The van der Waals surface area contributed by atoms with Gasteiger partial charge in [0.25, 0.3) is 0 Å². The van der Waals surface area contributed by atoms with Gasteiger partial charge in [0.05, 0.1) is 37.3 Å². The summed E-state index contributed by atoms with van der Waals surface area (Å²) in [6.07, 6.45) is 5.66. The minimum absolute atomic E-state index is 0.0506. The lowest BCUT2D eigenvalue weighted by Crippen LogP contribution is -2.10. The minimum Gasteiger partial charge on any atom is -0.496 e. The number of aryl methyl sites for hydroxylation is 1. The second-order valence-corrected chi connectivity index (χ2v) is 5.28. The molecule has 2 aromatic rings. The lowest BCUT2D eigenvalue weighted by atomic mass is 10.1. The molecule has 6 heteroatoms. The van der Waals surface area contributed by atoms with E-state index in [1.807, 2.05) is 26.2 Å². The van der Waals surface area contributed by atoms with Crippen LogP contribution in [0.15, 0.2) is 12.4 Å². The van der Waals surface area contributed by atoms with Crippen LogP contribution in [0.3, 0.4) is 0 Å². The van der Waals surface area contributed by atoms with E-state index in [-0.39, 0.29) is 6.04 Å². The average Bonchev–Trinajstić information content (AvgIpc) is 2.92. The van der Waals surface area contributed by atoms with Gasteiger partial charge in [0.1, 0.15) is 5.75 Å². The normalized spacial score (nSPS) is 12.4. The second-order valence-electron chi connectivity index (χ2n) is 5.28. The van der Waals surface area contributed by atoms with Crippen molar-refractivity contribution in [3.8, 4) is 5.75 Å². The Bertz CT molecular complexity index is 608. The number of pyridine rings is 1. The summed E-state index contributed by atoms with van der Waals surface area (Å²) in [7, 11) is 1.68. The van der Waals surface area contributed by atoms with E-state index in [0.29, 0.717) is 6.54 Å². The van der Waals surface area contributed by atoms with Crippen molar-refractivity contribution in [1.29, 1.82) is 0 Å². The molecule has 6 nitrogen and oxygen atoms in total. The van der Waals surface area contributed by atoms with Crippen LogP contribution < -0.4 is 10.5 Å². The number of nitrogens with zero attached hydrogens (tertiary/aromatic N) is 4. The van der Waals surface area contributed by atoms with Crippen LogP contribution in [-0.4, -0.2) is 27.1 Å². The Morgan fingerprint density at radius 1 is 1.38 bits per heavy atom. The number of ether oxygens (including phenoxy) is 1. The molecule has 0 radical (unpaired) electrons. The fraction of sp³-hybridized carbons (Fsp3) is 0.533. The van der Waals surface area contributed by atoms with E-state index in [2.05, 4.69) is 22.2 Å². The molecular formula is C15H23N5O. The van der Waals surface area contributed by atoms with E-state index in [0.717, 1.165) is 41.1 Å². The van der Waals surface area contributed by atoms with E-state index in [1.54, 1.807) is 11.8 Å². The fourth-order valence-electron chi connectivity index (χ4n) is 2.40. The van der Waals surface area contributed by atoms with Crippen LogP contribution in [0, 0.1) is 13.8 Å². The molecule has 0 aliphatic rings. The molecule has 2 N–H and O–H groups in total. The van der Waals surface area contributed by atoms with Gasteiger partial charge in [0.15, 0.2) is 0 Å². The standard InChI is InChI=1S/C15H23N5O/c1-5-6-12(16)14-9-20(19-18-14)8-13-11(3)15(21-4)10(2)7-17-13/h7,9,12H,5-6,8,16H2,1-4H3. The summed E-state index contributed by atoms with van der Waals surface area (Å²) >= 11 is 0. The Morgan fingerprint density at radius 2 is 2.14 bits per heavy atom.